The Balaban J connectivity index is 1.76. The summed E-state index contributed by atoms with van der Waals surface area (Å²) in [5.41, 5.74) is 1.85. The van der Waals surface area contributed by atoms with E-state index in [0.717, 1.165) is 38.3 Å². The highest BCUT2D eigenvalue weighted by atomic mass is 16.5. The molecule has 1 fully saturated rings. The monoisotopic (exact) mass is 273 g/mol. The zero-order chi connectivity index (χ0) is 14.4. The minimum absolute atomic E-state index is 0.255. The molecule has 1 aliphatic rings. The number of nitrogens with zero attached hydrogens (tertiary/aromatic N) is 2. The fraction of sp³-hybridized carbons (Fsp3) is 0.562. The van der Waals surface area contributed by atoms with Gasteiger partial charge in [-0.3, -0.25) is 4.90 Å². The SMILES string of the molecule is CC(C)N1CCOC(CNCc2cccc(C#N)c2)C1. The quantitative estimate of drug-likeness (QED) is 0.888. The van der Waals surface area contributed by atoms with E-state index in [4.69, 9.17) is 10.00 Å². The van der Waals surface area contributed by atoms with Crippen LogP contribution >= 0.6 is 0 Å². The molecule has 2 rings (SSSR count). The van der Waals surface area contributed by atoms with Gasteiger partial charge in [-0.25, -0.2) is 0 Å². The molecule has 1 atom stereocenters. The van der Waals surface area contributed by atoms with Crippen molar-refractivity contribution in [3.8, 4) is 6.07 Å². The second-order valence-electron chi connectivity index (χ2n) is 5.52. The van der Waals surface area contributed by atoms with Crippen LogP contribution in [0.5, 0.6) is 0 Å². The summed E-state index contributed by atoms with van der Waals surface area (Å²) in [5.74, 6) is 0. The number of rotatable bonds is 5. The van der Waals surface area contributed by atoms with Crippen LogP contribution in [0.2, 0.25) is 0 Å². The molecule has 1 aromatic carbocycles. The van der Waals surface area contributed by atoms with E-state index >= 15 is 0 Å². The molecule has 0 aromatic heterocycles. The molecule has 20 heavy (non-hydrogen) atoms. The van der Waals surface area contributed by atoms with Crippen LogP contribution < -0.4 is 5.32 Å². The lowest BCUT2D eigenvalue weighted by atomic mass is 10.1. The van der Waals surface area contributed by atoms with Gasteiger partial charge >= 0.3 is 0 Å². The van der Waals surface area contributed by atoms with Crippen LogP contribution in [-0.2, 0) is 11.3 Å². The van der Waals surface area contributed by atoms with Gasteiger partial charge in [0.05, 0.1) is 24.3 Å². The molecule has 1 heterocycles. The Morgan fingerprint density at radius 2 is 2.35 bits per heavy atom. The van der Waals surface area contributed by atoms with Crippen molar-refractivity contribution in [2.45, 2.75) is 32.5 Å². The molecule has 0 spiro atoms. The standard InChI is InChI=1S/C16H23N3O/c1-13(2)19-6-7-20-16(12-19)11-18-10-15-5-3-4-14(8-15)9-17/h3-5,8,13,16,18H,6-7,10-12H2,1-2H3. The first kappa shape index (κ1) is 15.0. The minimum Gasteiger partial charge on any atom is -0.374 e. The van der Waals surface area contributed by atoms with Crippen molar-refractivity contribution >= 4 is 0 Å². The lowest BCUT2D eigenvalue weighted by Gasteiger charge is -2.35. The third-order valence-electron chi connectivity index (χ3n) is 3.66. The Kier molecular flexibility index (Phi) is 5.54. The third kappa shape index (κ3) is 4.31. The Morgan fingerprint density at radius 1 is 1.50 bits per heavy atom. The highest BCUT2D eigenvalue weighted by Gasteiger charge is 2.21. The second-order valence-corrected chi connectivity index (χ2v) is 5.52. The lowest BCUT2D eigenvalue weighted by molar-refractivity contribution is -0.0372. The van der Waals surface area contributed by atoms with Crippen LogP contribution in [-0.4, -0.2) is 43.3 Å². The maximum atomic E-state index is 8.88. The van der Waals surface area contributed by atoms with Crippen LogP contribution in [0.1, 0.15) is 25.0 Å². The zero-order valence-corrected chi connectivity index (χ0v) is 12.3. The summed E-state index contributed by atoms with van der Waals surface area (Å²) in [6, 6.07) is 10.5. The van der Waals surface area contributed by atoms with Gasteiger partial charge in [0.15, 0.2) is 0 Å². The largest absolute Gasteiger partial charge is 0.374 e. The first-order valence-corrected chi connectivity index (χ1v) is 7.24. The minimum atomic E-state index is 0.255. The molecular weight excluding hydrogens is 250 g/mol. The average Bonchev–Trinajstić information content (AvgIpc) is 2.48. The second kappa shape index (κ2) is 7.39. The third-order valence-corrected chi connectivity index (χ3v) is 3.66. The van der Waals surface area contributed by atoms with Crippen molar-refractivity contribution in [1.29, 1.82) is 5.26 Å². The van der Waals surface area contributed by atoms with Crippen molar-refractivity contribution < 1.29 is 4.74 Å². The molecule has 4 nitrogen and oxygen atoms in total. The van der Waals surface area contributed by atoms with Crippen molar-refractivity contribution in [2.24, 2.45) is 0 Å². The lowest BCUT2D eigenvalue weighted by Crippen LogP contribution is -2.48. The first-order chi connectivity index (χ1) is 9.69. The topological polar surface area (TPSA) is 48.3 Å². The van der Waals surface area contributed by atoms with Gasteiger partial charge < -0.3 is 10.1 Å². The molecule has 1 aliphatic heterocycles. The number of hydrogen-bond donors (Lipinski definition) is 1. The number of benzene rings is 1. The normalized spacial score (nSPS) is 20.0. The van der Waals surface area contributed by atoms with Crippen molar-refractivity contribution in [3.63, 3.8) is 0 Å². The number of nitriles is 1. The fourth-order valence-electron chi connectivity index (χ4n) is 2.46. The Labute approximate surface area is 121 Å². The summed E-state index contributed by atoms with van der Waals surface area (Å²) >= 11 is 0. The van der Waals surface area contributed by atoms with Gasteiger partial charge in [-0.1, -0.05) is 12.1 Å². The Morgan fingerprint density at radius 3 is 3.10 bits per heavy atom. The van der Waals surface area contributed by atoms with Crippen LogP contribution in [0.15, 0.2) is 24.3 Å². The van der Waals surface area contributed by atoms with E-state index in [1.165, 1.54) is 0 Å². The Bertz CT molecular complexity index is 467. The van der Waals surface area contributed by atoms with Gasteiger partial charge in [0.25, 0.3) is 0 Å². The van der Waals surface area contributed by atoms with Crippen molar-refractivity contribution in [3.05, 3.63) is 35.4 Å². The van der Waals surface area contributed by atoms with E-state index in [2.05, 4.69) is 30.1 Å². The van der Waals surface area contributed by atoms with E-state index in [9.17, 15) is 0 Å². The average molecular weight is 273 g/mol. The number of morpholine rings is 1. The fourth-order valence-corrected chi connectivity index (χ4v) is 2.46. The molecule has 0 bridgehead atoms. The van der Waals surface area contributed by atoms with Gasteiger partial charge in [0.1, 0.15) is 0 Å². The Hall–Kier alpha value is -1.41. The van der Waals surface area contributed by atoms with E-state index in [-0.39, 0.29) is 6.10 Å². The van der Waals surface area contributed by atoms with Gasteiger partial charge in [-0.05, 0) is 31.5 Å². The first-order valence-electron chi connectivity index (χ1n) is 7.24. The predicted molar refractivity (Wildman–Crippen MR) is 79.3 cm³/mol. The molecule has 1 N–H and O–H groups in total. The van der Waals surface area contributed by atoms with Gasteiger partial charge in [-0.2, -0.15) is 5.26 Å². The van der Waals surface area contributed by atoms with Gasteiger partial charge in [0, 0.05) is 32.2 Å². The van der Waals surface area contributed by atoms with E-state index in [0.29, 0.717) is 11.6 Å². The number of ether oxygens (including phenoxy) is 1. The van der Waals surface area contributed by atoms with Crippen LogP contribution in [0.25, 0.3) is 0 Å². The zero-order valence-electron chi connectivity index (χ0n) is 12.3. The predicted octanol–water partition coefficient (Wildman–Crippen LogP) is 1.76. The highest BCUT2D eigenvalue weighted by molar-refractivity contribution is 5.32. The summed E-state index contributed by atoms with van der Waals surface area (Å²) in [6.45, 7) is 8.90. The summed E-state index contributed by atoms with van der Waals surface area (Å²) in [4.78, 5) is 2.45. The van der Waals surface area contributed by atoms with E-state index in [1.807, 2.05) is 24.3 Å². The molecule has 1 unspecified atom stereocenters. The van der Waals surface area contributed by atoms with Crippen LogP contribution in [0.4, 0.5) is 0 Å². The molecule has 4 heteroatoms. The maximum Gasteiger partial charge on any atom is 0.0991 e. The summed E-state index contributed by atoms with van der Waals surface area (Å²) in [5, 5.41) is 12.3. The summed E-state index contributed by atoms with van der Waals surface area (Å²) in [6.07, 6.45) is 0.255. The molecule has 1 saturated heterocycles. The van der Waals surface area contributed by atoms with E-state index < -0.39 is 0 Å². The summed E-state index contributed by atoms with van der Waals surface area (Å²) in [7, 11) is 0. The molecule has 0 radical (unpaired) electrons. The smallest absolute Gasteiger partial charge is 0.0991 e. The van der Waals surface area contributed by atoms with Gasteiger partial charge in [-0.15, -0.1) is 0 Å². The van der Waals surface area contributed by atoms with Crippen LogP contribution in [0.3, 0.4) is 0 Å². The molecule has 0 aliphatic carbocycles. The highest BCUT2D eigenvalue weighted by Crippen LogP contribution is 2.09. The molecule has 108 valence electrons. The van der Waals surface area contributed by atoms with Gasteiger partial charge in [0.2, 0.25) is 0 Å². The van der Waals surface area contributed by atoms with Crippen LogP contribution in [0, 0.1) is 11.3 Å². The maximum absolute atomic E-state index is 8.88. The number of hydrogen-bond acceptors (Lipinski definition) is 4. The van der Waals surface area contributed by atoms with E-state index in [1.54, 1.807) is 0 Å². The van der Waals surface area contributed by atoms with Crippen molar-refractivity contribution in [2.75, 3.05) is 26.2 Å². The summed E-state index contributed by atoms with van der Waals surface area (Å²) < 4.78 is 5.78. The molecule has 0 saturated carbocycles. The molecule has 1 aromatic rings. The van der Waals surface area contributed by atoms with Crippen molar-refractivity contribution in [1.82, 2.24) is 10.2 Å². The molecule has 0 amide bonds. The number of nitrogens with one attached hydrogen (secondary N) is 1. The molecular formula is C16H23N3O.